The van der Waals surface area contributed by atoms with Crippen molar-refractivity contribution in [2.45, 2.75) is 5.41 Å². The zero-order chi connectivity index (χ0) is 20.4. The Labute approximate surface area is 182 Å². The molecule has 0 unspecified atom stereocenters. The van der Waals surface area contributed by atoms with Crippen LogP contribution in [0.5, 0.6) is 0 Å². The normalized spacial score (nSPS) is 14.1. The van der Waals surface area contributed by atoms with Gasteiger partial charge in [-0.05, 0) is 55.6 Å². The molecular weight excluding hydrogens is 372 g/mol. The molecule has 0 amide bonds. The SMILES string of the molecule is c1ccc(-c2cccc3c2-c2ccccc2C32c3ccccc3-c3ccccc32)cc1. The summed E-state index contributed by atoms with van der Waals surface area (Å²) in [4.78, 5) is 0. The van der Waals surface area contributed by atoms with Gasteiger partial charge in [-0.25, -0.2) is 0 Å². The quantitative estimate of drug-likeness (QED) is 0.268. The van der Waals surface area contributed by atoms with Crippen LogP contribution in [0.2, 0.25) is 0 Å². The van der Waals surface area contributed by atoms with Crippen molar-refractivity contribution in [3.05, 3.63) is 144 Å². The second-order valence-electron chi connectivity index (χ2n) is 8.48. The molecule has 0 saturated carbocycles. The Morgan fingerprint density at radius 2 is 0.774 bits per heavy atom. The predicted octanol–water partition coefficient (Wildman–Crippen LogP) is 7.70. The van der Waals surface area contributed by atoms with Crippen LogP contribution in [-0.4, -0.2) is 0 Å². The maximum atomic E-state index is 2.35. The van der Waals surface area contributed by atoms with E-state index in [1.165, 1.54) is 55.6 Å². The lowest BCUT2D eigenvalue weighted by molar-refractivity contribution is 0.794. The maximum absolute atomic E-state index is 2.35. The number of fused-ring (bicyclic) bond motifs is 10. The highest BCUT2D eigenvalue weighted by molar-refractivity contribution is 5.99. The molecule has 0 radical (unpaired) electrons. The van der Waals surface area contributed by atoms with Crippen molar-refractivity contribution in [2.24, 2.45) is 0 Å². The molecule has 0 saturated heterocycles. The first kappa shape index (κ1) is 16.8. The molecule has 2 aliphatic rings. The van der Waals surface area contributed by atoms with E-state index >= 15 is 0 Å². The van der Waals surface area contributed by atoms with Crippen LogP contribution in [0.3, 0.4) is 0 Å². The first-order valence-corrected chi connectivity index (χ1v) is 10.9. The molecule has 2 aliphatic carbocycles. The Hall–Kier alpha value is -3.90. The first-order chi connectivity index (χ1) is 15.4. The van der Waals surface area contributed by atoms with E-state index in [1.807, 2.05) is 0 Å². The van der Waals surface area contributed by atoms with Gasteiger partial charge in [-0.1, -0.05) is 121 Å². The molecule has 0 bridgehead atoms. The van der Waals surface area contributed by atoms with Crippen molar-refractivity contribution in [2.75, 3.05) is 0 Å². The van der Waals surface area contributed by atoms with Gasteiger partial charge in [0.25, 0.3) is 0 Å². The summed E-state index contributed by atoms with van der Waals surface area (Å²) >= 11 is 0. The molecule has 1 spiro atoms. The van der Waals surface area contributed by atoms with Crippen molar-refractivity contribution in [1.29, 1.82) is 0 Å². The van der Waals surface area contributed by atoms with Gasteiger partial charge in [0.1, 0.15) is 0 Å². The summed E-state index contributed by atoms with van der Waals surface area (Å²) in [7, 11) is 0. The van der Waals surface area contributed by atoms with Crippen LogP contribution < -0.4 is 0 Å². The van der Waals surface area contributed by atoms with E-state index in [0.717, 1.165) is 0 Å². The van der Waals surface area contributed by atoms with Crippen molar-refractivity contribution in [1.82, 2.24) is 0 Å². The minimum atomic E-state index is -0.260. The van der Waals surface area contributed by atoms with E-state index in [0.29, 0.717) is 0 Å². The largest absolute Gasteiger partial charge is 0.0725 e. The van der Waals surface area contributed by atoms with Crippen LogP contribution in [-0.2, 0) is 5.41 Å². The van der Waals surface area contributed by atoms with Crippen LogP contribution in [0.1, 0.15) is 22.3 Å². The van der Waals surface area contributed by atoms with E-state index in [1.54, 1.807) is 0 Å². The highest BCUT2D eigenvalue weighted by Crippen LogP contribution is 2.63. The zero-order valence-corrected chi connectivity index (χ0v) is 17.0. The fraction of sp³-hybridized carbons (Fsp3) is 0.0323. The molecule has 5 aromatic carbocycles. The third kappa shape index (κ3) is 2.00. The Bertz CT molecular complexity index is 1430. The van der Waals surface area contributed by atoms with Gasteiger partial charge in [-0.15, -0.1) is 0 Å². The number of hydrogen-bond donors (Lipinski definition) is 0. The molecule has 144 valence electrons. The highest BCUT2D eigenvalue weighted by Gasteiger charge is 2.51. The zero-order valence-electron chi connectivity index (χ0n) is 17.0. The molecule has 31 heavy (non-hydrogen) atoms. The van der Waals surface area contributed by atoms with Gasteiger partial charge in [-0.2, -0.15) is 0 Å². The van der Waals surface area contributed by atoms with Crippen LogP contribution >= 0.6 is 0 Å². The van der Waals surface area contributed by atoms with Gasteiger partial charge in [0, 0.05) is 0 Å². The summed E-state index contributed by atoms with van der Waals surface area (Å²) in [6.07, 6.45) is 0. The van der Waals surface area contributed by atoms with E-state index in [4.69, 9.17) is 0 Å². The molecule has 0 heterocycles. The summed E-state index contributed by atoms with van der Waals surface area (Å²) in [5, 5.41) is 0. The summed E-state index contributed by atoms with van der Waals surface area (Å²) in [5.74, 6) is 0. The van der Waals surface area contributed by atoms with Crippen molar-refractivity contribution in [3.8, 4) is 33.4 Å². The van der Waals surface area contributed by atoms with Gasteiger partial charge in [0.05, 0.1) is 5.41 Å². The fourth-order valence-electron chi connectivity index (χ4n) is 6.00. The van der Waals surface area contributed by atoms with E-state index in [-0.39, 0.29) is 5.41 Å². The predicted molar refractivity (Wildman–Crippen MR) is 128 cm³/mol. The average molecular weight is 393 g/mol. The lowest BCUT2D eigenvalue weighted by Gasteiger charge is -2.30. The second-order valence-corrected chi connectivity index (χ2v) is 8.48. The summed E-state index contributed by atoms with van der Waals surface area (Å²) in [6.45, 7) is 0. The fourth-order valence-corrected chi connectivity index (χ4v) is 6.00. The average Bonchev–Trinajstić information content (AvgIpc) is 3.32. The Kier molecular flexibility index (Phi) is 3.29. The van der Waals surface area contributed by atoms with Crippen molar-refractivity contribution >= 4 is 0 Å². The highest BCUT2D eigenvalue weighted by atomic mass is 14.5. The second kappa shape index (κ2) is 6.06. The summed E-state index contributed by atoms with van der Waals surface area (Å²) in [5.41, 5.74) is 13.3. The van der Waals surface area contributed by atoms with Gasteiger partial charge < -0.3 is 0 Å². The lowest BCUT2D eigenvalue weighted by atomic mass is 9.70. The molecule has 0 atom stereocenters. The number of benzene rings is 5. The van der Waals surface area contributed by atoms with Crippen molar-refractivity contribution < 1.29 is 0 Å². The molecular formula is C31H20. The van der Waals surface area contributed by atoms with Crippen LogP contribution in [0.4, 0.5) is 0 Å². The van der Waals surface area contributed by atoms with Gasteiger partial charge in [-0.3, -0.25) is 0 Å². The van der Waals surface area contributed by atoms with Gasteiger partial charge in [0.15, 0.2) is 0 Å². The molecule has 0 nitrogen and oxygen atoms in total. The third-order valence-corrected chi connectivity index (χ3v) is 7.11. The van der Waals surface area contributed by atoms with Crippen LogP contribution in [0, 0.1) is 0 Å². The van der Waals surface area contributed by atoms with Crippen LogP contribution in [0.15, 0.2) is 121 Å². The van der Waals surface area contributed by atoms with E-state index in [9.17, 15) is 0 Å². The minimum absolute atomic E-state index is 0.260. The molecule has 5 aromatic rings. The monoisotopic (exact) mass is 392 g/mol. The number of rotatable bonds is 1. The molecule has 0 N–H and O–H groups in total. The minimum Gasteiger partial charge on any atom is -0.0622 e. The molecule has 0 heteroatoms. The summed E-state index contributed by atoms with van der Waals surface area (Å²) in [6, 6.07) is 44.6. The molecule has 0 aliphatic heterocycles. The van der Waals surface area contributed by atoms with Gasteiger partial charge >= 0.3 is 0 Å². The smallest absolute Gasteiger partial charge is 0.0622 e. The summed E-state index contributed by atoms with van der Waals surface area (Å²) < 4.78 is 0. The van der Waals surface area contributed by atoms with Gasteiger partial charge in [0.2, 0.25) is 0 Å². The van der Waals surface area contributed by atoms with E-state index in [2.05, 4.69) is 121 Å². The van der Waals surface area contributed by atoms with Crippen molar-refractivity contribution in [3.63, 3.8) is 0 Å². The Morgan fingerprint density at radius 1 is 0.323 bits per heavy atom. The third-order valence-electron chi connectivity index (χ3n) is 7.11. The first-order valence-electron chi connectivity index (χ1n) is 10.9. The Morgan fingerprint density at radius 3 is 1.42 bits per heavy atom. The van der Waals surface area contributed by atoms with Crippen LogP contribution in [0.25, 0.3) is 33.4 Å². The molecule has 0 aromatic heterocycles. The maximum Gasteiger partial charge on any atom is 0.0725 e. The van der Waals surface area contributed by atoms with E-state index < -0.39 is 0 Å². The number of hydrogen-bond acceptors (Lipinski definition) is 0. The lowest BCUT2D eigenvalue weighted by Crippen LogP contribution is -2.25. The standard InChI is InChI=1S/C31H20/c1-2-11-21(12-3-1)22-16-10-20-29-30(22)25-15-6-9-19-28(25)31(29)26-17-7-4-13-23(26)24-14-5-8-18-27(24)31/h1-20H. The molecule has 7 rings (SSSR count). The Balaban J connectivity index is 1.69. The topological polar surface area (TPSA) is 0 Å². The molecule has 0 fully saturated rings.